The van der Waals surface area contributed by atoms with Gasteiger partial charge in [-0.15, -0.1) is 12.4 Å². The zero-order chi connectivity index (χ0) is 9.15. The molecule has 0 spiro atoms. The lowest BCUT2D eigenvalue weighted by Crippen LogP contribution is -2.22. The van der Waals surface area contributed by atoms with Crippen LogP contribution in [0, 0.1) is 5.41 Å². The molecule has 1 aliphatic carbocycles. The van der Waals surface area contributed by atoms with Gasteiger partial charge in [-0.3, -0.25) is 0 Å². The Labute approximate surface area is 90.9 Å². The topological polar surface area (TPSA) is 35.2 Å². The van der Waals surface area contributed by atoms with E-state index in [1.54, 1.807) is 0 Å². The van der Waals surface area contributed by atoms with Gasteiger partial charge < -0.3 is 10.5 Å². The zero-order valence-corrected chi connectivity index (χ0v) is 8.93. The van der Waals surface area contributed by atoms with E-state index in [2.05, 4.69) is 0 Å². The quantitative estimate of drug-likeness (QED) is 0.833. The Morgan fingerprint density at radius 1 is 1.21 bits per heavy atom. The Morgan fingerprint density at radius 2 is 1.86 bits per heavy atom. The van der Waals surface area contributed by atoms with Crippen molar-refractivity contribution in [3.63, 3.8) is 0 Å². The van der Waals surface area contributed by atoms with E-state index >= 15 is 0 Å². The summed E-state index contributed by atoms with van der Waals surface area (Å²) >= 11 is 0. The van der Waals surface area contributed by atoms with Gasteiger partial charge in [-0.1, -0.05) is 18.2 Å². The van der Waals surface area contributed by atoms with Crippen molar-refractivity contribution in [2.75, 3.05) is 13.2 Å². The van der Waals surface area contributed by atoms with Crippen molar-refractivity contribution >= 4 is 12.4 Å². The molecule has 1 aromatic carbocycles. The summed E-state index contributed by atoms with van der Waals surface area (Å²) in [5.74, 6) is 0.947. The van der Waals surface area contributed by atoms with Crippen molar-refractivity contribution in [1.82, 2.24) is 0 Å². The van der Waals surface area contributed by atoms with Gasteiger partial charge in [0, 0.05) is 12.0 Å². The van der Waals surface area contributed by atoms with E-state index in [0.29, 0.717) is 5.41 Å². The van der Waals surface area contributed by atoms with Crippen LogP contribution in [0.1, 0.15) is 12.8 Å². The molecule has 2 rings (SSSR count). The van der Waals surface area contributed by atoms with Gasteiger partial charge >= 0.3 is 0 Å². The fraction of sp³-hybridized carbons (Fsp3) is 0.455. The maximum atomic E-state index is 5.65. The Kier molecular flexibility index (Phi) is 3.78. The van der Waals surface area contributed by atoms with Gasteiger partial charge in [0.1, 0.15) is 5.75 Å². The van der Waals surface area contributed by atoms with E-state index in [0.717, 1.165) is 18.9 Å². The maximum Gasteiger partial charge on any atom is 0.119 e. The molecule has 0 atom stereocenters. The second kappa shape index (κ2) is 4.67. The third-order valence-electron chi connectivity index (χ3n) is 2.68. The van der Waals surface area contributed by atoms with Gasteiger partial charge in [0.05, 0.1) is 6.61 Å². The molecule has 0 aliphatic heterocycles. The number of hydrogen-bond donors (Lipinski definition) is 1. The van der Waals surface area contributed by atoms with Gasteiger partial charge in [0.2, 0.25) is 0 Å². The normalized spacial score (nSPS) is 16.9. The molecule has 14 heavy (non-hydrogen) atoms. The summed E-state index contributed by atoms with van der Waals surface area (Å²) in [6, 6.07) is 9.91. The lowest BCUT2D eigenvalue weighted by Gasteiger charge is -2.13. The molecule has 2 N–H and O–H groups in total. The maximum absolute atomic E-state index is 5.65. The molecule has 0 radical (unpaired) electrons. The van der Waals surface area contributed by atoms with Crippen LogP contribution in [0.5, 0.6) is 5.75 Å². The van der Waals surface area contributed by atoms with E-state index in [4.69, 9.17) is 10.5 Å². The van der Waals surface area contributed by atoms with Gasteiger partial charge in [0.25, 0.3) is 0 Å². The molecule has 0 heterocycles. The second-order valence-corrected chi connectivity index (χ2v) is 3.81. The highest BCUT2D eigenvalue weighted by Crippen LogP contribution is 2.44. The number of hydrogen-bond acceptors (Lipinski definition) is 2. The first-order valence-electron chi connectivity index (χ1n) is 4.73. The van der Waals surface area contributed by atoms with Crippen LogP contribution in [0.2, 0.25) is 0 Å². The molecule has 0 bridgehead atoms. The monoisotopic (exact) mass is 213 g/mol. The van der Waals surface area contributed by atoms with Crippen molar-refractivity contribution in [3.8, 4) is 5.75 Å². The van der Waals surface area contributed by atoms with E-state index in [1.807, 2.05) is 30.3 Å². The highest BCUT2D eigenvalue weighted by molar-refractivity contribution is 5.85. The summed E-state index contributed by atoms with van der Waals surface area (Å²) in [6.07, 6.45) is 2.44. The minimum atomic E-state index is 0. The van der Waals surface area contributed by atoms with Crippen molar-refractivity contribution < 1.29 is 4.74 Å². The van der Waals surface area contributed by atoms with Gasteiger partial charge in [-0.25, -0.2) is 0 Å². The van der Waals surface area contributed by atoms with Crippen LogP contribution >= 0.6 is 12.4 Å². The van der Waals surface area contributed by atoms with E-state index in [1.165, 1.54) is 12.8 Å². The van der Waals surface area contributed by atoms with Crippen LogP contribution in [0.25, 0.3) is 0 Å². The van der Waals surface area contributed by atoms with Crippen LogP contribution in [-0.2, 0) is 0 Å². The van der Waals surface area contributed by atoms with Crippen LogP contribution in [0.15, 0.2) is 30.3 Å². The van der Waals surface area contributed by atoms with Crippen LogP contribution in [-0.4, -0.2) is 13.2 Å². The summed E-state index contributed by atoms with van der Waals surface area (Å²) in [6.45, 7) is 1.52. The summed E-state index contributed by atoms with van der Waals surface area (Å²) in [4.78, 5) is 0. The minimum absolute atomic E-state index is 0. The molecule has 0 aromatic heterocycles. The van der Waals surface area contributed by atoms with E-state index < -0.39 is 0 Å². The average molecular weight is 214 g/mol. The molecular formula is C11H16ClNO. The Morgan fingerprint density at radius 3 is 2.36 bits per heavy atom. The number of benzene rings is 1. The molecule has 78 valence electrons. The first-order valence-corrected chi connectivity index (χ1v) is 4.73. The number of halogens is 1. The molecule has 1 fully saturated rings. The molecular weight excluding hydrogens is 198 g/mol. The Hall–Kier alpha value is -0.730. The van der Waals surface area contributed by atoms with Crippen molar-refractivity contribution in [1.29, 1.82) is 0 Å². The number of ether oxygens (including phenoxy) is 1. The molecule has 0 unspecified atom stereocenters. The largest absolute Gasteiger partial charge is 0.493 e. The lowest BCUT2D eigenvalue weighted by molar-refractivity contribution is 0.239. The fourth-order valence-electron chi connectivity index (χ4n) is 1.34. The lowest BCUT2D eigenvalue weighted by atomic mass is 10.1. The number of para-hydroxylation sites is 1. The number of rotatable bonds is 4. The third-order valence-corrected chi connectivity index (χ3v) is 2.68. The first kappa shape index (κ1) is 11.3. The predicted molar refractivity (Wildman–Crippen MR) is 59.9 cm³/mol. The van der Waals surface area contributed by atoms with Gasteiger partial charge in [-0.2, -0.15) is 0 Å². The molecule has 1 saturated carbocycles. The first-order chi connectivity index (χ1) is 6.35. The second-order valence-electron chi connectivity index (χ2n) is 3.81. The highest BCUT2D eigenvalue weighted by atomic mass is 35.5. The summed E-state index contributed by atoms with van der Waals surface area (Å²) in [5.41, 5.74) is 5.95. The summed E-state index contributed by atoms with van der Waals surface area (Å²) in [7, 11) is 0. The smallest absolute Gasteiger partial charge is 0.119 e. The Bertz CT molecular complexity index is 272. The highest BCUT2D eigenvalue weighted by Gasteiger charge is 2.42. The summed E-state index contributed by atoms with van der Waals surface area (Å²) < 4.78 is 5.64. The van der Waals surface area contributed by atoms with E-state index in [9.17, 15) is 0 Å². The van der Waals surface area contributed by atoms with Crippen molar-refractivity contribution in [2.24, 2.45) is 11.1 Å². The van der Waals surface area contributed by atoms with Crippen molar-refractivity contribution in [2.45, 2.75) is 12.8 Å². The van der Waals surface area contributed by atoms with E-state index in [-0.39, 0.29) is 12.4 Å². The average Bonchev–Trinajstić information content (AvgIpc) is 2.97. The molecule has 0 amide bonds. The van der Waals surface area contributed by atoms with Gasteiger partial charge in [0.15, 0.2) is 0 Å². The predicted octanol–water partition coefficient (Wildman–Crippen LogP) is 2.23. The molecule has 0 saturated heterocycles. The standard InChI is InChI=1S/C11H15NO.ClH/c12-8-11(6-7-11)9-13-10-4-2-1-3-5-10;/h1-5H,6-9,12H2;1H. The van der Waals surface area contributed by atoms with Crippen LogP contribution < -0.4 is 10.5 Å². The zero-order valence-electron chi connectivity index (χ0n) is 8.11. The van der Waals surface area contributed by atoms with Crippen molar-refractivity contribution in [3.05, 3.63) is 30.3 Å². The minimum Gasteiger partial charge on any atom is -0.493 e. The summed E-state index contributed by atoms with van der Waals surface area (Å²) in [5, 5.41) is 0. The fourth-order valence-corrected chi connectivity index (χ4v) is 1.34. The van der Waals surface area contributed by atoms with Gasteiger partial charge in [-0.05, 0) is 25.0 Å². The number of nitrogens with two attached hydrogens (primary N) is 1. The van der Waals surface area contributed by atoms with Crippen LogP contribution in [0.4, 0.5) is 0 Å². The molecule has 1 aliphatic rings. The Balaban J connectivity index is 0.000000980. The molecule has 1 aromatic rings. The van der Waals surface area contributed by atoms with Crippen LogP contribution in [0.3, 0.4) is 0 Å². The molecule has 3 heteroatoms. The molecule has 2 nitrogen and oxygen atoms in total. The SMILES string of the molecule is Cl.NCC1(COc2ccccc2)CC1. The third kappa shape index (κ3) is 2.63.